The number of piperidine rings is 1. The first-order valence-electron chi connectivity index (χ1n) is 9.32. The molecule has 0 spiro atoms. The van der Waals surface area contributed by atoms with Gasteiger partial charge in [0.25, 0.3) is 0 Å². The van der Waals surface area contributed by atoms with Crippen LogP contribution in [0.25, 0.3) is 0 Å². The maximum atomic E-state index is 4.55. The number of rotatable bonds is 4. The molecule has 0 bridgehead atoms. The van der Waals surface area contributed by atoms with Gasteiger partial charge in [-0.05, 0) is 50.3 Å². The van der Waals surface area contributed by atoms with Gasteiger partial charge in [0.15, 0.2) is 0 Å². The van der Waals surface area contributed by atoms with Crippen LogP contribution in [0.2, 0.25) is 0 Å². The Morgan fingerprint density at radius 1 is 1.12 bits per heavy atom. The molecule has 1 unspecified atom stereocenters. The van der Waals surface area contributed by atoms with Gasteiger partial charge in [-0.3, -0.25) is 4.90 Å². The number of aryl methyl sites for hydroxylation is 1. The quantitative estimate of drug-likeness (QED) is 0.898. The highest BCUT2D eigenvalue weighted by Gasteiger charge is 2.30. The molecule has 0 amide bonds. The van der Waals surface area contributed by atoms with Crippen LogP contribution < -0.4 is 10.6 Å². The SMILES string of the molecule is CNc1cc(C)nc(NC2CCCN(C3Cc4ccccc4C3)C2)n1. The molecular formula is C20H27N5. The largest absolute Gasteiger partial charge is 0.373 e. The van der Waals surface area contributed by atoms with Crippen molar-refractivity contribution < 1.29 is 0 Å². The summed E-state index contributed by atoms with van der Waals surface area (Å²) in [5, 5.41) is 6.67. The van der Waals surface area contributed by atoms with E-state index in [1.165, 1.54) is 43.4 Å². The number of nitrogens with one attached hydrogen (secondary N) is 2. The van der Waals surface area contributed by atoms with Crippen molar-refractivity contribution in [2.45, 2.75) is 44.7 Å². The molecule has 1 atom stereocenters. The van der Waals surface area contributed by atoms with Gasteiger partial charge in [-0.2, -0.15) is 4.98 Å². The molecule has 1 fully saturated rings. The molecule has 1 aliphatic heterocycles. The van der Waals surface area contributed by atoms with Crippen LogP contribution in [0.4, 0.5) is 11.8 Å². The molecule has 132 valence electrons. The second-order valence-corrected chi connectivity index (χ2v) is 7.28. The highest BCUT2D eigenvalue weighted by molar-refractivity contribution is 5.42. The summed E-state index contributed by atoms with van der Waals surface area (Å²) in [6.45, 7) is 4.29. The van der Waals surface area contributed by atoms with Gasteiger partial charge < -0.3 is 10.6 Å². The second-order valence-electron chi connectivity index (χ2n) is 7.28. The molecule has 1 aromatic heterocycles. The number of aromatic nitrogens is 2. The molecule has 4 rings (SSSR count). The summed E-state index contributed by atoms with van der Waals surface area (Å²) in [5.41, 5.74) is 4.05. The zero-order valence-electron chi connectivity index (χ0n) is 15.1. The Morgan fingerprint density at radius 2 is 1.88 bits per heavy atom. The zero-order chi connectivity index (χ0) is 17.2. The molecular weight excluding hydrogens is 310 g/mol. The average molecular weight is 337 g/mol. The van der Waals surface area contributed by atoms with Gasteiger partial charge in [0.2, 0.25) is 5.95 Å². The lowest BCUT2D eigenvalue weighted by atomic mass is 10.0. The first-order chi connectivity index (χ1) is 12.2. The van der Waals surface area contributed by atoms with E-state index in [1.807, 2.05) is 20.0 Å². The van der Waals surface area contributed by atoms with Crippen LogP contribution >= 0.6 is 0 Å². The van der Waals surface area contributed by atoms with Crippen molar-refractivity contribution in [1.29, 1.82) is 0 Å². The molecule has 2 N–H and O–H groups in total. The van der Waals surface area contributed by atoms with Crippen LogP contribution in [0.15, 0.2) is 30.3 Å². The normalized spacial score (nSPS) is 21.1. The van der Waals surface area contributed by atoms with E-state index in [2.05, 4.69) is 49.8 Å². The zero-order valence-corrected chi connectivity index (χ0v) is 15.1. The summed E-state index contributed by atoms with van der Waals surface area (Å²) < 4.78 is 0. The van der Waals surface area contributed by atoms with E-state index in [0.717, 1.165) is 24.0 Å². The van der Waals surface area contributed by atoms with Gasteiger partial charge in [-0.15, -0.1) is 0 Å². The molecule has 1 saturated heterocycles. The Balaban J connectivity index is 1.41. The Bertz CT molecular complexity index is 720. The number of fused-ring (bicyclic) bond motifs is 1. The standard InChI is InChI=1S/C20H27N5/c1-14-10-19(21-2)24-20(22-14)23-17-8-5-9-25(13-17)18-11-15-6-3-4-7-16(15)12-18/h3-4,6-7,10,17-18H,5,8-9,11-13H2,1-2H3,(H2,21,22,23,24). The lowest BCUT2D eigenvalue weighted by molar-refractivity contribution is 0.158. The number of nitrogens with zero attached hydrogens (tertiary/aromatic N) is 3. The van der Waals surface area contributed by atoms with Gasteiger partial charge in [0.05, 0.1) is 0 Å². The van der Waals surface area contributed by atoms with Crippen molar-refractivity contribution in [3.05, 3.63) is 47.2 Å². The Morgan fingerprint density at radius 3 is 2.60 bits per heavy atom. The minimum atomic E-state index is 0.420. The van der Waals surface area contributed by atoms with Crippen molar-refractivity contribution in [3.63, 3.8) is 0 Å². The van der Waals surface area contributed by atoms with E-state index in [4.69, 9.17) is 0 Å². The molecule has 5 nitrogen and oxygen atoms in total. The van der Waals surface area contributed by atoms with Gasteiger partial charge in [0, 0.05) is 37.4 Å². The van der Waals surface area contributed by atoms with E-state index in [9.17, 15) is 0 Å². The molecule has 0 saturated carbocycles. The number of benzene rings is 1. The molecule has 1 aliphatic carbocycles. The predicted molar refractivity (Wildman–Crippen MR) is 102 cm³/mol. The Labute approximate surface area is 149 Å². The third kappa shape index (κ3) is 3.61. The van der Waals surface area contributed by atoms with Gasteiger partial charge >= 0.3 is 0 Å². The topological polar surface area (TPSA) is 53.1 Å². The minimum absolute atomic E-state index is 0.420. The molecule has 25 heavy (non-hydrogen) atoms. The van der Waals surface area contributed by atoms with Crippen LogP contribution in [-0.4, -0.2) is 47.1 Å². The number of hydrogen-bond donors (Lipinski definition) is 2. The van der Waals surface area contributed by atoms with Gasteiger partial charge in [0.1, 0.15) is 5.82 Å². The molecule has 1 aromatic carbocycles. The van der Waals surface area contributed by atoms with Crippen molar-refractivity contribution in [2.75, 3.05) is 30.8 Å². The van der Waals surface area contributed by atoms with Gasteiger partial charge in [-0.25, -0.2) is 4.98 Å². The molecule has 0 radical (unpaired) electrons. The summed E-state index contributed by atoms with van der Waals surface area (Å²) in [6, 6.07) is 11.9. The second kappa shape index (κ2) is 7.00. The summed E-state index contributed by atoms with van der Waals surface area (Å²) >= 11 is 0. The van der Waals surface area contributed by atoms with Crippen molar-refractivity contribution in [2.24, 2.45) is 0 Å². The third-order valence-corrected chi connectivity index (χ3v) is 5.44. The monoisotopic (exact) mass is 337 g/mol. The summed E-state index contributed by atoms with van der Waals surface area (Å²) in [4.78, 5) is 11.8. The summed E-state index contributed by atoms with van der Waals surface area (Å²) in [7, 11) is 1.89. The summed E-state index contributed by atoms with van der Waals surface area (Å²) in [6.07, 6.45) is 4.79. The Hall–Kier alpha value is -2.14. The Kier molecular flexibility index (Phi) is 4.57. The fourth-order valence-electron chi connectivity index (χ4n) is 4.19. The van der Waals surface area contributed by atoms with Crippen molar-refractivity contribution in [3.8, 4) is 0 Å². The van der Waals surface area contributed by atoms with Crippen LogP contribution in [0.5, 0.6) is 0 Å². The average Bonchev–Trinajstić information content (AvgIpc) is 3.05. The highest BCUT2D eigenvalue weighted by Crippen LogP contribution is 2.28. The predicted octanol–water partition coefficient (Wildman–Crippen LogP) is 2.87. The van der Waals surface area contributed by atoms with Crippen LogP contribution in [0, 0.1) is 6.92 Å². The molecule has 2 aliphatic rings. The minimum Gasteiger partial charge on any atom is -0.373 e. The molecule has 5 heteroatoms. The number of likely N-dealkylation sites (tertiary alicyclic amines) is 1. The molecule has 2 heterocycles. The first-order valence-corrected chi connectivity index (χ1v) is 9.32. The lowest BCUT2D eigenvalue weighted by Gasteiger charge is -2.37. The number of hydrogen-bond acceptors (Lipinski definition) is 5. The lowest BCUT2D eigenvalue weighted by Crippen LogP contribution is -2.47. The highest BCUT2D eigenvalue weighted by atomic mass is 15.2. The smallest absolute Gasteiger partial charge is 0.225 e. The molecule has 2 aromatic rings. The number of anilines is 2. The van der Waals surface area contributed by atoms with Crippen molar-refractivity contribution in [1.82, 2.24) is 14.9 Å². The maximum absolute atomic E-state index is 4.55. The summed E-state index contributed by atoms with van der Waals surface area (Å²) in [5.74, 6) is 1.61. The van der Waals surface area contributed by atoms with Crippen LogP contribution in [0.1, 0.15) is 29.7 Å². The van der Waals surface area contributed by atoms with E-state index >= 15 is 0 Å². The third-order valence-electron chi connectivity index (χ3n) is 5.44. The van der Waals surface area contributed by atoms with E-state index < -0.39 is 0 Å². The fraction of sp³-hybridized carbons (Fsp3) is 0.500. The van der Waals surface area contributed by atoms with E-state index in [1.54, 1.807) is 0 Å². The first kappa shape index (κ1) is 16.3. The fourth-order valence-corrected chi connectivity index (χ4v) is 4.19. The van der Waals surface area contributed by atoms with Crippen molar-refractivity contribution >= 4 is 11.8 Å². The van der Waals surface area contributed by atoms with Crippen LogP contribution in [0.3, 0.4) is 0 Å². The van der Waals surface area contributed by atoms with E-state index in [0.29, 0.717) is 12.1 Å². The van der Waals surface area contributed by atoms with E-state index in [-0.39, 0.29) is 0 Å². The van der Waals surface area contributed by atoms with Crippen LogP contribution in [-0.2, 0) is 12.8 Å². The van der Waals surface area contributed by atoms with Gasteiger partial charge in [-0.1, -0.05) is 24.3 Å². The maximum Gasteiger partial charge on any atom is 0.225 e.